The van der Waals surface area contributed by atoms with E-state index in [9.17, 15) is 23.8 Å². The lowest BCUT2D eigenvalue weighted by atomic mass is 10.1. The van der Waals surface area contributed by atoms with Gasteiger partial charge in [-0.3, -0.25) is 8.88 Å². The zero-order valence-corrected chi connectivity index (χ0v) is 19.3. The monoisotopic (exact) mass is 449 g/mol. The van der Waals surface area contributed by atoms with Crippen molar-refractivity contribution in [1.29, 1.82) is 0 Å². The molecule has 0 fully saturated rings. The Morgan fingerprint density at radius 3 is 2.00 bits per heavy atom. The van der Waals surface area contributed by atoms with Crippen molar-refractivity contribution in [3.05, 3.63) is 47.1 Å². The van der Waals surface area contributed by atoms with Gasteiger partial charge < -0.3 is 28.5 Å². The van der Waals surface area contributed by atoms with E-state index in [-0.39, 0.29) is 12.2 Å². The zero-order chi connectivity index (χ0) is 22.5. The first-order valence-corrected chi connectivity index (χ1v) is 12.1. The van der Waals surface area contributed by atoms with E-state index in [0.29, 0.717) is 6.61 Å². The van der Waals surface area contributed by atoms with E-state index in [1.54, 1.807) is 0 Å². The van der Waals surface area contributed by atoms with Crippen LogP contribution in [-0.2, 0) is 22.7 Å². The molecule has 8 nitrogen and oxygen atoms in total. The summed E-state index contributed by atoms with van der Waals surface area (Å²) in [6, 6.07) is 0. The van der Waals surface area contributed by atoms with E-state index in [1.165, 1.54) is 16.7 Å². The van der Waals surface area contributed by atoms with Crippen LogP contribution in [0.3, 0.4) is 0 Å². The molecule has 0 bridgehead atoms. The van der Waals surface area contributed by atoms with Crippen molar-refractivity contribution in [2.24, 2.45) is 0 Å². The number of phosphoric acid groups is 2. The van der Waals surface area contributed by atoms with E-state index in [4.69, 9.17) is 4.74 Å². The molecule has 0 aromatic carbocycles. The molecule has 1 unspecified atom stereocenters. The molecule has 0 aliphatic heterocycles. The molecule has 0 aliphatic carbocycles. The second-order valence-corrected chi connectivity index (χ2v) is 9.67. The number of phosphoric ester groups is 1. The first kappa shape index (κ1) is 28.2. The fourth-order valence-electron chi connectivity index (χ4n) is 2.10. The highest BCUT2D eigenvalue weighted by Crippen LogP contribution is 2.50. The summed E-state index contributed by atoms with van der Waals surface area (Å²) in [5.74, 6) is 0. The SMILES string of the molecule is C=C(COC/C=C(\C)CC/C=C(\C)CCC=C(C)C)COP(=O)([O-])OP(=O)([O-])[O-]. The summed E-state index contributed by atoms with van der Waals surface area (Å²) in [5.41, 5.74) is 4.11. The maximum absolute atomic E-state index is 11.1. The fraction of sp³-hybridized carbons (Fsp3) is 0.579. The zero-order valence-electron chi connectivity index (χ0n) is 17.5. The van der Waals surface area contributed by atoms with Gasteiger partial charge in [0.15, 0.2) is 0 Å². The highest BCUT2D eigenvalue weighted by molar-refractivity contribution is 7.58. The molecule has 0 saturated heterocycles. The van der Waals surface area contributed by atoms with Crippen LogP contribution in [0.15, 0.2) is 47.1 Å². The lowest BCUT2D eigenvalue weighted by Crippen LogP contribution is -2.19. The van der Waals surface area contributed by atoms with Gasteiger partial charge in [-0.05, 0) is 59.0 Å². The Morgan fingerprint density at radius 1 is 0.897 bits per heavy atom. The van der Waals surface area contributed by atoms with Crippen LogP contribution in [0.2, 0.25) is 0 Å². The third-order valence-electron chi connectivity index (χ3n) is 3.61. The molecule has 29 heavy (non-hydrogen) atoms. The minimum Gasteiger partial charge on any atom is -0.790 e. The number of ether oxygens (including phenoxy) is 1. The van der Waals surface area contributed by atoms with Gasteiger partial charge in [0.2, 0.25) is 0 Å². The van der Waals surface area contributed by atoms with Gasteiger partial charge in [0, 0.05) is 0 Å². The molecule has 0 amide bonds. The van der Waals surface area contributed by atoms with E-state index >= 15 is 0 Å². The molecule has 1 atom stereocenters. The largest absolute Gasteiger partial charge is 0.790 e. The van der Waals surface area contributed by atoms with Crippen LogP contribution in [0.25, 0.3) is 0 Å². The minimum atomic E-state index is -5.69. The van der Waals surface area contributed by atoms with Crippen LogP contribution in [0.1, 0.15) is 53.4 Å². The molecular weight excluding hydrogens is 418 g/mol. The predicted octanol–water partition coefficient (Wildman–Crippen LogP) is 3.31. The second kappa shape index (κ2) is 14.2. The summed E-state index contributed by atoms with van der Waals surface area (Å²) >= 11 is 0. The lowest BCUT2D eigenvalue weighted by Gasteiger charge is -2.35. The minimum absolute atomic E-state index is 0.0135. The third kappa shape index (κ3) is 18.9. The van der Waals surface area contributed by atoms with Gasteiger partial charge in [-0.25, -0.2) is 0 Å². The second-order valence-electron chi connectivity index (χ2n) is 6.97. The van der Waals surface area contributed by atoms with Crippen LogP contribution in [0.4, 0.5) is 0 Å². The van der Waals surface area contributed by atoms with Crippen LogP contribution in [-0.4, -0.2) is 19.8 Å². The topological polar surface area (TPSA) is 131 Å². The molecule has 0 aliphatic rings. The van der Waals surface area contributed by atoms with Crippen LogP contribution >= 0.6 is 15.6 Å². The molecule has 0 aromatic rings. The van der Waals surface area contributed by atoms with Crippen molar-refractivity contribution in [2.75, 3.05) is 19.8 Å². The van der Waals surface area contributed by atoms with Crippen molar-refractivity contribution in [2.45, 2.75) is 53.4 Å². The molecule has 168 valence electrons. The van der Waals surface area contributed by atoms with Crippen molar-refractivity contribution in [3.63, 3.8) is 0 Å². The number of hydrogen-bond donors (Lipinski definition) is 0. The van der Waals surface area contributed by atoms with Gasteiger partial charge >= 0.3 is 0 Å². The van der Waals surface area contributed by atoms with Gasteiger partial charge in [-0.1, -0.05) is 41.5 Å². The Hall–Kier alpha value is -0.820. The maximum Gasteiger partial charge on any atom is 0.272 e. The Morgan fingerprint density at radius 2 is 1.45 bits per heavy atom. The molecule has 10 heteroatoms. The van der Waals surface area contributed by atoms with Crippen molar-refractivity contribution in [3.8, 4) is 0 Å². The normalized spacial score (nSPS) is 15.1. The van der Waals surface area contributed by atoms with Gasteiger partial charge in [-0.2, -0.15) is 0 Å². The summed E-state index contributed by atoms with van der Waals surface area (Å²) in [7, 11) is -10.9. The van der Waals surface area contributed by atoms with Crippen molar-refractivity contribution in [1.82, 2.24) is 0 Å². The van der Waals surface area contributed by atoms with Gasteiger partial charge in [-0.15, -0.1) is 0 Å². The Balaban J connectivity index is 4.05. The Bertz CT molecular complexity index is 699. The van der Waals surface area contributed by atoms with E-state index in [2.05, 4.69) is 48.3 Å². The molecule has 0 rings (SSSR count). The fourth-order valence-corrected chi connectivity index (χ4v) is 3.61. The van der Waals surface area contributed by atoms with Gasteiger partial charge in [0.05, 0.1) is 27.6 Å². The molecule has 0 radical (unpaired) electrons. The highest BCUT2D eigenvalue weighted by atomic mass is 31.3. The number of hydrogen-bond acceptors (Lipinski definition) is 8. The Labute approximate surface area is 173 Å². The first-order chi connectivity index (χ1) is 13.3. The van der Waals surface area contributed by atoms with Crippen LogP contribution in [0, 0.1) is 0 Å². The Kier molecular flexibility index (Phi) is 13.8. The number of rotatable bonds is 15. The highest BCUT2D eigenvalue weighted by Gasteiger charge is 2.12. The summed E-state index contributed by atoms with van der Waals surface area (Å²) in [6.07, 6.45) is 10.4. The average Bonchev–Trinajstić information content (AvgIpc) is 2.54. The lowest BCUT2D eigenvalue weighted by molar-refractivity contribution is -0.339. The average molecular weight is 449 g/mol. The smallest absolute Gasteiger partial charge is 0.272 e. The van der Waals surface area contributed by atoms with E-state index in [0.717, 1.165) is 25.7 Å². The van der Waals surface area contributed by atoms with Crippen molar-refractivity contribution < 1.29 is 37.4 Å². The molecule has 0 saturated carbocycles. The molecule has 0 heterocycles. The number of allylic oxidation sites excluding steroid dienone is 5. The summed E-state index contributed by atoms with van der Waals surface area (Å²) in [4.78, 5) is 31.7. The predicted molar refractivity (Wildman–Crippen MR) is 108 cm³/mol. The maximum atomic E-state index is 11.1. The molecule has 0 N–H and O–H groups in total. The van der Waals surface area contributed by atoms with Crippen LogP contribution < -0.4 is 14.7 Å². The van der Waals surface area contributed by atoms with E-state index in [1.807, 2.05) is 13.0 Å². The molecule has 0 spiro atoms. The summed E-state index contributed by atoms with van der Waals surface area (Å²) < 4.78 is 34.4. The third-order valence-corrected chi connectivity index (χ3v) is 5.65. The van der Waals surface area contributed by atoms with Crippen LogP contribution in [0.5, 0.6) is 0 Å². The first-order valence-electron chi connectivity index (χ1n) is 9.19. The van der Waals surface area contributed by atoms with Gasteiger partial charge in [0.25, 0.3) is 7.82 Å². The van der Waals surface area contributed by atoms with E-state index < -0.39 is 22.3 Å². The summed E-state index contributed by atoms with van der Waals surface area (Å²) in [5, 5.41) is 0. The summed E-state index contributed by atoms with van der Waals surface area (Å²) in [6.45, 7) is 11.7. The molecule has 0 aromatic heterocycles. The quantitative estimate of drug-likeness (QED) is 0.211. The van der Waals surface area contributed by atoms with Gasteiger partial charge in [0.1, 0.15) is 0 Å². The standard InChI is InChI=1S/C19H34O8P2/c1-16(2)8-6-9-17(3)10-7-11-18(4)12-13-25-14-19(5)15-26-29(23,24)27-28(20,21)22/h8,10,12H,5-7,9,11,13-15H2,1-4H3,(H,23,24)(H2,20,21,22)/p-3/b17-10+,18-12+. The van der Waals surface area contributed by atoms with Crippen molar-refractivity contribution >= 4 is 15.6 Å². The molecular formula is C19H31O8P2-3.